The highest BCUT2D eigenvalue weighted by molar-refractivity contribution is 7.89. The van der Waals surface area contributed by atoms with Crippen molar-refractivity contribution in [2.45, 2.75) is 49.1 Å². The summed E-state index contributed by atoms with van der Waals surface area (Å²) in [5, 5.41) is 3.85. The molecule has 2 aliphatic rings. The van der Waals surface area contributed by atoms with Crippen LogP contribution < -0.4 is 5.32 Å². The van der Waals surface area contributed by atoms with Crippen molar-refractivity contribution in [1.29, 1.82) is 0 Å². The summed E-state index contributed by atoms with van der Waals surface area (Å²) in [6.45, 7) is 0.246. The van der Waals surface area contributed by atoms with E-state index in [-0.39, 0.29) is 36.4 Å². The molecule has 6 rings (SSSR count). The van der Waals surface area contributed by atoms with Gasteiger partial charge in [0.25, 0.3) is 0 Å². The van der Waals surface area contributed by atoms with Crippen LogP contribution in [0.5, 0.6) is 0 Å². The Labute approximate surface area is 252 Å². The second-order valence-electron chi connectivity index (χ2n) is 11.3. The van der Waals surface area contributed by atoms with Gasteiger partial charge in [-0.2, -0.15) is 4.31 Å². The number of sulfonamides is 1. The van der Waals surface area contributed by atoms with E-state index in [1.807, 2.05) is 72.8 Å². The van der Waals surface area contributed by atoms with Crippen molar-refractivity contribution >= 4 is 32.7 Å². The van der Waals surface area contributed by atoms with Crippen LogP contribution in [0.25, 0.3) is 10.9 Å². The van der Waals surface area contributed by atoms with Crippen LogP contribution in [0.15, 0.2) is 102 Å². The molecule has 1 atom stereocenters. The first-order chi connectivity index (χ1) is 20.9. The van der Waals surface area contributed by atoms with Gasteiger partial charge in [-0.25, -0.2) is 8.42 Å². The number of carbonyl (C=O) groups excluding carboxylic acids is 2. The van der Waals surface area contributed by atoms with Gasteiger partial charge in [0.1, 0.15) is 10.9 Å². The maximum atomic E-state index is 14.3. The minimum Gasteiger partial charge on any atom is -0.344 e. The molecule has 1 aromatic heterocycles. The van der Waals surface area contributed by atoms with E-state index in [0.29, 0.717) is 10.9 Å². The molecule has 2 fully saturated rings. The third-order valence-electron chi connectivity index (χ3n) is 8.63. The first-order valence-electron chi connectivity index (χ1n) is 15.0. The molecule has 2 heterocycles. The van der Waals surface area contributed by atoms with Crippen molar-refractivity contribution in [2.24, 2.45) is 5.92 Å². The number of nitrogens with one attached hydrogen (secondary N) is 1. The van der Waals surface area contributed by atoms with Crippen molar-refractivity contribution in [1.82, 2.24) is 19.5 Å². The fourth-order valence-electron chi connectivity index (χ4n) is 6.37. The molecule has 0 radical (unpaired) electrons. The number of piperazine rings is 1. The monoisotopic (exact) mass is 596 g/mol. The Bertz CT molecular complexity index is 1650. The van der Waals surface area contributed by atoms with Crippen LogP contribution in [0.3, 0.4) is 0 Å². The topological polar surface area (TPSA) is 99.7 Å². The average Bonchev–Trinajstić information content (AvgIpc) is 3.07. The zero-order chi connectivity index (χ0) is 29.8. The molecule has 0 spiro atoms. The lowest BCUT2D eigenvalue weighted by molar-refractivity contribution is -0.140. The third kappa shape index (κ3) is 6.05. The van der Waals surface area contributed by atoms with Crippen LogP contribution in [0, 0.1) is 5.92 Å². The molecule has 1 aliphatic heterocycles. The van der Waals surface area contributed by atoms with Gasteiger partial charge >= 0.3 is 0 Å². The van der Waals surface area contributed by atoms with Crippen LogP contribution in [0.2, 0.25) is 0 Å². The summed E-state index contributed by atoms with van der Waals surface area (Å²) in [4.78, 5) is 34.0. The maximum absolute atomic E-state index is 14.3. The minimum absolute atomic E-state index is 0.00507. The Morgan fingerprint density at radius 2 is 1.44 bits per heavy atom. The molecule has 0 bridgehead atoms. The maximum Gasteiger partial charge on any atom is 0.246 e. The molecule has 222 valence electrons. The highest BCUT2D eigenvalue weighted by Crippen LogP contribution is 2.31. The van der Waals surface area contributed by atoms with E-state index in [1.165, 1.54) is 10.4 Å². The Hall–Kier alpha value is -4.08. The van der Waals surface area contributed by atoms with E-state index in [9.17, 15) is 18.0 Å². The lowest BCUT2D eigenvalue weighted by atomic mass is 9.88. The number of hydrogen-bond donors (Lipinski definition) is 1. The highest BCUT2D eigenvalue weighted by atomic mass is 32.2. The molecule has 1 saturated heterocycles. The molecule has 9 heteroatoms. The fraction of sp³-hybridized carbons (Fsp3) is 0.324. The number of amides is 2. The van der Waals surface area contributed by atoms with Gasteiger partial charge in [0.2, 0.25) is 21.8 Å². The van der Waals surface area contributed by atoms with Crippen LogP contribution >= 0.6 is 0 Å². The lowest BCUT2D eigenvalue weighted by Gasteiger charge is -2.41. The number of aromatic nitrogens is 1. The molecule has 43 heavy (non-hydrogen) atoms. The van der Waals surface area contributed by atoms with E-state index in [2.05, 4.69) is 10.3 Å². The fourth-order valence-corrected chi connectivity index (χ4v) is 8.11. The summed E-state index contributed by atoms with van der Waals surface area (Å²) in [6, 6.07) is 26.2. The molecule has 4 aromatic rings. The number of rotatable bonds is 7. The van der Waals surface area contributed by atoms with Crippen LogP contribution in [-0.4, -0.2) is 60.1 Å². The van der Waals surface area contributed by atoms with Crippen molar-refractivity contribution in [2.75, 3.05) is 19.6 Å². The highest BCUT2D eigenvalue weighted by Gasteiger charge is 2.43. The van der Waals surface area contributed by atoms with E-state index in [1.54, 1.807) is 23.2 Å². The van der Waals surface area contributed by atoms with Gasteiger partial charge in [-0.3, -0.25) is 14.6 Å². The summed E-state index contributed by atoms with van der Waals surface area (Å²) < 4.78 is 29.9. The molecule has 2 amide bonds. The second kappa shape index (κ2) is 12.7. The Kier molecular flexibility index (Phi) is 8.54. The Morgan fingerprint density at radius 3 is 2.12 bits per heavy atom. The molecule has 8 nitrogen and oxygen atoms in total. The number of fused-ring (bicyclic) bond motifs is 1. The average molecular weight is 597 g/mol. The van der Waals surface area contributed by atoms with Gasteiger partial charge in [0, 0.05) is 37.1 Å². The number of carbonyl (C=O) groups is 2. The molecule has 3 aromatic carbocycles. The predicted octanol–water partition coefficient (Wildman–Crippen LogP) is 4.92. The second-order valence-corrected chi connectivity index (χ2v) is 13.2. The molecular formula is C34H36N4O4S. The standard InChI is InChI=1S/C34H36N4O4S/c39-33(36-31(25-12-4-1-5-13-25)26-14-6-2-7-15-26)29-24-37(34(40)28-16-8-3-9-17-28)22-23-38(29)43(41,42)30-20-10-18-27-19-11-21-35-32(27)30/h1-2,4-7,10-15,18-21,28-29,31H,3,8-9,16-17,22-24H2,(H,36,39). The molecular weight excluding hydrogens is 560 g/mol. The van der Waals surface area contributed by atoms with E-state index >= 15 is 0 Å². The largest absolute Gasteiger partial charge is 0.344 e. The Morgan fingerprint density at radius 1 is 0.791 bits per heavy atom. The summed E-state index contributed by atoms with van der Waals surface area (Å²) in [5.41, 5.74) is 2.11. The van der Waals surface area contributed by atoms with Crippen LogP contribution in [0.1, 0.15) is 49.3 Å². The SMILES string of the molecule is O=C(NC(c1ccccc1)c1ccccc1)C1CN(C(=O)C2CCCCC2)CCN1S(=O)(=O)c1cccc2cccnc12. The lowest BCUT2D eigenvalue weighted by Crippen LogP contribution is -2.62. The van der Waals surface area contributed by atoms with Gasteiger partial charge in [0.15, 0.2) is 0 Å². The molecule has 1 unspecified atom stereocenters. The normalized spacial score (nSPS) is 18.5. The predicted molar refractivity (Wildman–Crippen MR) is 165 cm³/mol. The number of pyridine rings is 1. The number of para-hydroxylation sites is 1. The van der Waals surface area contributed by atoms with E-state index < -0.39 is 28.0 Å². The van der Waals surface area contributed by atoms with Gasteiger partial charge in [-0.05, 0) is 36.1 Å². The van der Waals surface area contributed by atoms with Gasteiger partial charge < -0.3 is 10.2 Å². The minimum atomic E-state index is -4.15. The van der Waals surface area contributed by atoms with Gasteiger partial charge in [-0.15, -0.1) is 0 Å². The zero-order valence-electron chi connectivity index (χ0n) is 24.0. The van der Waals surface area contributed by atoms with Crippen molar-refractivity contribution in [3.8, 4) is 0 Å². The summed E-state index contributed by atoms with van der Waals surface area (Å²) in [6.07, 6.45) is 6.38. The van der Waals surface area contributed by atoms with Crippen LogP contribution in [-0.2, 0) is 19.6 Å². The number of nitrogens with zero attached hydrogens (tertiary/aromatic N) is 3. The molecule has 1 saturated carbocycles. The molecule has 1 aliphatic carbocycles. The molecule has 1 N–H and O–H groups in total. The summed E-state index contributed by atoms with van der Waals surface area (Å²) in [7, 11) is -4.15. The smallest absolute Gasteiger partial charge is 0.246 e. The van der Waals surface area contributed by atoms with E-state index in [4.69, 9.17) is 0 Å². The van der Waals surface area contributed by atoms with Crippen molar-refractivity contribution < 1.29 is 18.0 Å². The number of hydrogen-bond acceptors (Lipinski definition) is 5. The third-order valence-corrected chi connectivity index (χ3v) is 10.6. The quantitative estimate of drug-likeness (QED) is 0.327. The number of benzene rings is 3. The van der Waals surface area contributed by atoms with Crippen molar-refractivity contribution in [3.05, 3.63) is 108 Å². The zero-order valence-corrected chi connectivity index (χ0v) is 24.8. The van der Waals surface area contributed by atoms with Crippen molar-refractivity contribution in [3.63, 3.8) is 0 Å². The van der Waals surface area contributed by atoms with E-state index in [0.717, 1.165) is 43.2 Å². The first kappa shape index (κ1) is 29.0. The summed E-state index contributed by atoms with van der Waals surface area (Å²) in [5.74, 6) is -0.510. The van der Waals surface area contributed by atoms with Gasteiger partial charge in [-0.1, -0.05) is 98.1 Å². The van der Waals surface area contributed by atoms with Crippen LogP contribution in [0.4, 0.5) is 0 Å². The summed E-state index contributed by atoms with van der Waals surface area (Å²) >= 11 is 0. The first-order valence-corrected chi connectivity index (χ1v) is 16.4. The Balaban J connectivity index is 1.36. The van der Waals surface area contributed by atoms with Gasteiger partial charge in [0.05, 0.1) is 11.6 Å².